The second kappa shape index (κ2) is 6.54. The minimum absolute atomic E-state index is 0.0240. The molecule has 1 saturated heterocycles. The SMILES string of the molecule is CCCC(C)N1CC(C(=O)NC(C)C(=O)O)CC1=O. The van der Waals surface area contributed by atoms with Crippen LogP contribution in [-0.2, 0) is 14.4 Å². The summed E-state index contributed by atoms with van der Waals surface area (Å²) in [5.74, 6) is -1.89. The highest BCUT2D eigenvalue weighted by molar-refractivity contribution is 5.91. The summed E-state index contributed by atoms with van der Waals surface area (Å²) in [5.41, 5.74) is 0. The Kier molecular flexibility index (Phi) is 5.32. The Bertz CT molecular complexity index is 370. The average molecular weight is 270 g/mol. The highest BCUT2D eigenvalue weighted by atomic mass is 16.4. The van der Waals surface area contributed by atoms with Crippen LogP contribution in [0.4, 0.5) is 0 Å². The van der Waals surface area contributed by atoms with Gasteiger partial charge in [0.1, 0.15) is 6.04 Å². The van der Waals surface area contributed by atoms with Crippen molar-refractivity contribution in [1.82, 2.24) is 10.2 Å². The number of likely N-dealkylation sites (tertiary alicyclic amines) is 1. The van der Waals surface area contributed by atoms with E-state index in [-0.39, 0.29) is 24.3 Å². The maximum Gasteiger partial charge on any atom is 0.325 e. The second-order valence-corrected chi connectivity index (χ2v) is 5.15. The molecule has 1 aliphatic heterocycles. The second-order valence-electron chi connectivity index (χ2n) is 5.15. The number of nitrogens with one attached hydrogen (secondary N) is 1. The molecule has 0 saturated carbocycles. The Morgan fingerprint density at radius 3 is 2.63 bits per heavy atom. The Morgan fingerprint density at radius 1 is 1.47 bits per heavy atom. The molecule has 6 nitrogen and oxygen atoms in total. The standard InChI is InChI=1S/C13H22N2O4/c1-4-5-8(2)15-7-10(6-11(15)16)12(17)14-9(3)13(18)19/h8-10H,4-7H2,1-3H3,(H,14,17)(H,18,19). The van der Waals surface area contributed by atoms with E-state index in [9.17, 15) is 14.4 Å². The summed E-state index contributed by atoms with van der Waals surface area (Å²) >= 11 is 0. The zero-order valence-corrected chi connectivity index (χ0v) is 11.7. The van der Waals surface area contributed by atoms with E-state index in [1.54, 1.807) is 4.90 Å². The van der Waals surface area contributed by atoms with E-state index in [4.69, 9.17) is 5.11 Å². The van der Waals surface area contributed by atoms with Crippen LogP contribution in [-0.4, -0.2) is 46.4 Å². The lowest BCUT2D eigenvalue weighted by Gasteiger charge is -2.24. The van der Waals surface area contributed by atoms with Gasteiger partial charge >= 0.3 is 5.97 Å². The van der Waals surface area contributed by atoms with Gasteiger partial charge in [0.25, 0.3) is 0 Å². The molecule has 2 N–H and O–H groups in total. The minimum Gasteiger partial charge on any atom is -0.480 e. The van der Waals surface area contributed by atoms with Crippen LogP contribution in [0.25, 0.3) is 0 Å². The number of carbonyl (C=O) groups is 3. The molecule has 0 spiro atoms. The monoisotopic (exact) mass is 270 g/mol. The summed E-state index contributed by atoms with van der Waals surface area (Å²) < 4.78 is 0. The number of carboxylic acids is 1. The van der Waals surface area contributed by atoms with Crippen molar-refractivity contribution in [2.45, 2.75) is 52.1 Å². The molecule has 0 aromatic carbocycles. The molecule has 0 aromatic rings. The Balaban J connectivity index is 2.56. The molecule has 1 fully saturated rings. The van der Waals surface area contributed by atoms with Gasteiger partial charge in [-0.1, -0.05) is 13.3 Å². The molecular weight excluding hydrogens is 248 g/mol. The van der Waals surface area contributed by atoms with Gasteiger partial charge in [0.15, 0.2) is 0 Å². The zero-order valence-electron chi connectivity index (χ0n) is 11.7. The molecule has 108 valence electrons. The third kappa shape index (κ3) is 3.94. The lowest BCUT2D eigenvalue weighted by Crippen LogP contribution is -2.42. The molecule has 0 bridgehead atoms. The van der Waals surface area contributed by atoms with Gasteiger partial charge in [-0.3, -0.25) is 14.4 Å². The van der Waals surface area contributed by atoms with Gasteiger partial charge in [-0.05, 0) is 20.3 Å². The quantitative estimate of drug-likeness (QED) is 0.740. The Labute approximate surface area is 113 Å². The number of carboxylic acid groups (broad SMARTS) is 1. The molecule has 3 unspecified atom stereocenters. The molecule has 19 heavy (non-hydrogen) atoms. The summed E-state index contributed by atoms with van der Waals surface area (Å²) in [4.78, 5) is 36.1. The Hall–Kier alpha value is -1.59. The van der Waals surface area contributed by atoms with E-state index >= 15 is 0 Å². The van der Waals surface area contributed by atoms with E-state index < -0.39 is 17.9 Å². The summed E-state index contributed by atoms with van der Waals surface area (Å²) in [6, 6.07) is -0.795. The first-order chi connectivity index (χ1) is 8.86. The first-order valence-corrected chi connectivity index (χ1v) is 6.69. The van der Waals surface area contributed by atoms with Crippen molar-refractivity contribution in [3.05, 3.63) is 0 Å². The highest BCUT2D eigenvalue weighted by Gasteiger charge is 2.36. The molecule has 1 rings (SSSR count). The summed E-state index contributed by atoms with van der Waals surface area (Å²) in [6.07, 6.45) is 2.07. The van der Waals surface area contributed by atoms with Gasteiger partial charge in [0, 0.05) is 19.0 Å². The molecule has 0 aromatic heterocycles. The topological polar surface area (TPSA) is 86.7 Å². The summed E-state index contributed by atoms with van der Waals surface area (Å²) in [5, 5.41) is 11.2. The highest BCUT2D eigenvalue weighted by Crippen LogP contribution is 2.22. The molecule has 1 heterocycles. The van der Waals surface area contributed by atoms with Gasteiger partial charge in [0.05, 0.1) is 5.92 Å². The lowest BCUT2D eigenvalue weighted by atomic mass is 10.1. The van der Waals surface area contributed by atoms with Crippen molar-refractivity contribution in [2.75, 3.05) is 6.54 Å². The minimum atomic E-state index is -1.08. The molecule has 6 heteroatoms. The average Bonchev–Trinajstić information content (AvgIpc) is 2.71. The maximum absolute atomic E-state index is 11.9. The summed E-state index contributed by atoms with van der Waals surface area (Å²) in [7, 11) is 0. The fourth-order valence-electron chi connectivity index (χ4n) is 2.30. The third-order valence-electron chi connectivity index (χ3n) is 3.50. The van der Waals surface area contributed by atoms with Gasteiger partial charge in [-0.2, -0.15) is 0 Å². The number of rotatable bonds is 6. The fraction of sp³-hybridized carbons (Fsp3) is 0.769. The van der Waals surface area contributed by atoms with E-state index in [1.807, 2.05) is 6.92 Å². The van der Waals surface area contributed by atoms with E-state index in [0.717, 1.165) is 12.8 Å². The predicted octanol–water partition coefficient (Wildman–Crippen LogP) is 0.613. The van der Waals surface area contributed by atoms with Gasteiger partial charge < -0.3 is 15.3 Å². The van der Waals surface area contributed by atoms with Crippen LogP contribution in [0.2, 0.25) is 0 Å². The van der Waals surface area contributed by atoms with Crippen LogP contribution >= 0.6 is 0 Å². The third-order valence-corrected chi connectivity index (χ3v) is 3.50. The number of nitrogens with zero attached hydrogens (tertiary/aromatic N) is 1. The van der Waals surface area contributed by atoms with Gasteiger partial charge in [-0.25, -0.2) is 0 Å². The van der Waals surface area contributed by atoms with Crippen molar-refractivity contribution >= 4 is 17.8 Å². The first kappa shape index (κ1) is 15.5. The fourth-order valence-corrected chi connectivity index (χ4v) is 2.30. The van der Waals surface area contributed by atoms with E-state index in [2.05, 4.69) is 12.2 Å². The number of aliphatic carboxylic acids is 1. The maximum atomic E-state index is 11.9. The lowest BCUT2D eigenvalue weighted by molar-refractivity contribution is -0.141. The number of hydrogen-bond acceptors (Lipinski definition) is 3. The Morgan fingerprint density at radius 2 is 2.11 bits per heavy atom. The van der Waals surface area contributed by atoms with Gasteiger partial charge in [0.2, 0.25) is 11.8 Å². The molecule has 1 aliphatic rings. The zero-order chi connectivity index (χ0) is 14.6. The van der Waals surface area contributed by atoms with Crippen molar-refractivity contribution in [2.24, 2.45) is 5.92 Å². The van der Waals surface area contributed by atoms with Crippen LogP contribution in [0.5, 0.6) is 0 Å². The first-order valence-electron chi connectivity index (χ1n) is 6.69. The molecule has 3 atom stereocenters. The normalized spacial score (nSPS) is 22.2. The molecule has 2 amide bonds. The number of amides is 2. The molecule has 0 aliphatic carbocycles. The van der Waals surface area contributed by atoms with Crippen LogP contribution in [0, 0.1) is 5.92 Å². The largest absolute Gasteiger partial charge is 0.480 e. The molecule has 0 radical (unpaired) electrons. The van der Waals surface area contributed by atoms with E-state index in [1.165, 1.54) is 6.92 Å². The van der Waals surface area contributed by atoms with Crippen molar-refractivity contribution in [3.63, 3.8) is 0 Å². The van der Waals surface area contributed by atoms with Crippen molar-refractivity contribution < 1.29 is 19.5 Å². The van der Waals surface area contributed by atoms with Gasteiger partial charge in [-0.15, -0.1) is 0 Å². The van der Waals surface area contributed by atoms with Crippen LogP contribution < -0.4 is 5.32 Å². The van der Waals surface area contributed by atoms with Crippen molar-refractivity contribution in [1.29, 1.82) is 0 Å². The van der Waals surface area contributed by atoms with Crippen LogP contribution in [0.3, 0.4) is 0 Å². The van der Waals surface area contributed by atoms with Crippen LogP contribution in [0.15, 0.2) is 0 Å². The van der Waals surface area contributed by atoms with E-state index in [0.29, 0.717) is 6.54 Å². The van der Waals surface area contributed by atoms with Crippen molar-refractivity contribution in [3.8, 4) is 0 Å². The number of hydrogen-bond donors (Lipinski definition) is 2. The smallest absolute Gasteiger partial charge is 0.325 e. The number of carbonyl (C=O) groups excluding carboxylic acids is 2. The predicted molar refractivity (Wildman–Crippen MR) is 69.4 cm³/mol. The molecular formula is C13H22N2O4. The summed E-state index contributed by atoms with van der Waals surface area (Å²) in [6.45, 7) is 5.82. The van der Waals surface area contributed by atoms with Crippen LogP contribution in [0.1, 0.15) is 40.0 Å².